The summed E-state index contributed by atoms with van der Waals surface area (Å²) in [4.78, 5) is 5.19. The number of hydrogen-bond acceptors (Lipinski definition) is 2. The number of aliphatic imine (C=N–C) groups is 1. The van der Waals surface area contributed by atoms with E-state index in [9.17, 15) is 0 Å². The van der Waals surface area contributed by atoms with E-state index in [0.717, 1.165) is 46.8 Å². The van der Waals surface area contributed by atoms with Crippen molar-refractivity contribution in [1.82, 2.24) is 14.5 Å². The summed E-state index contributed by atoms with van der Waals surface area (Å²) in [5, 5.41) is 16.3. The molecule has 0 bridgehead atoms. The highest BCUT2D eigenvalue weighted by Crippen LogP contribution is 2.47. The number of para-hydroxylation sites is 3. The smallest absolute Gasteiger partial charge is 0.0627 e. The summed E-state index contributed by atoms with van der Waals surface area (Å²) >= 11 is 0. The highest BCUT2D eigenvalue weighted by molar-refractivity contribution is 6.37. The monoisotopic (exact) mass is 694 g/mol. The molecule has 2 unspecified atom stereocenters. The summed E-state index contributed by atoms with van der Waals surface area (Å²) in [6.45, 7) is 0. The Morgan fingerprint density at radius 1 is 0.519 bits per heavy atom. The topological polar surface area (TPSA) is 48.4 Å². The van der Waals surface area contributed by atoms with Crippen LogP contribution in [0.1, 0.15) is 36.3 Å². The zero-order chi connectivity index (χ0) is 35.6. The van der Waals surface area contributed by atoms with Crippen LogP contribution in [0.25, 0.3) is 71.1 Å². The Bertz CT molecular complexity index is 2980. The van der Waals surface area contributed by atoms with Crippen molar-refractivity contribution in [3.63, 3.8) is 0 Å². The molecule has 0 fully saturated rings. The van der Waals surface area contributed by atoms with Crippen molar-refractivity contribution in [1.29, 1.82) is 0 Å². The zero-order valence-electron chi connectivity index (χ0n) is 29.6. The zero-order valence-corrected chi connectivity index (χ0v) is 29.6. The molecule has 0 amide bonds. The molecule has 9 aromatic rings. The van der Waals surface area contributed by atoms with Crippen LogP contribution in [0, 0.1) is 0 Å². The molecular weight excluding hydrogens is 659 g/mol. The fraction of sp³-hybridized carbons (Fsp3) is 0.0816. The van der Waals surface area contributed by atoms with Gasteiger partial charge in [-0.1, -0.05) is 145 Å². The number of allylic oxidation sites excluding steroid dienone is 2. The van der Waals surface area contributed by atoms with Crippen LogP contribution in [-0.4, -0.2) is 15.0 Å². The number of nitrogens with one attached hydrogen (secondary N) is 1. The van der Waals surface area contributed by atoms with E-state index in [0.29, 0.717) is 0 Å². The maximum Gasteiger partial charge on any atom is 0.0627 e. The Hall–Kier alpha value is -6.69. The van der Waals surface area contributed by atoms with Crippen LogP contribution in [0.3, 0.4) is 0 Å². The van der Waals surface area contributed by atoms with Gasteiger partial charge >= 0.3 is 0 Å². The van der Waals surface area contributed by atoms with Crippen molar-refractivity contribution < 1.29 is 0 Å². The number of aromatic nitrogens is 2. The molecule has 0 saturated carbocycles. The van der Waals surface area contributed by atoms with Gasteiger partial charge in [0.1, 0.15) is 0 Å². The molecule has 3 heterocycles. The molecule has 54 heavy (non-hydrogen) atoms. The van der Waals surface area contributed by atoms with Crippen LogP contribution in [-0.2, 0) is 0 Å². The quantitative estimate of drug-likeness (QED) is 0.192. The fourth-order valence-corrected chi connectivity index (χ4v) is 8.72. The third-order valence-corrected chi connectivity index (χ3v) is 11.1. The van der Waals surface area contributed by atoms with E-state index in [2.05, 4.69) is 184 Å². The molecule has 1 aliphatic heterocycles. The number of fused-ring (bicyclic) bond motifs is 10. The number of hydrogen-bond donors (Lipinski definition) is 1. The average molecular weight is 695 g/mol. The average Bonchev–Trinajstić information content (AvgIpc) is 3.79. The van der Waals surface area contributed by atoms with Crippen molar-refractivity contribution in [2.75, 3.05) is 0 Å². The predicted octanol–water partition coefficient (Wildman–Crippen LogP) is 12.4. The summed E-state index contributed by atoms with van der Waals surface area (Å²) < 4.78 is 4.92. The molecule has 2 atom stereocenters. The standard InChI is InChI=1S/C49H36N5/c1-4-16-32(17-5-1)47-50-48(33-18-6-2-7-19-33)52-49(51-47)34-28-30-36(31-29-34)54-42-27-15-13-25-40(42)44-43-39-24-12-14-26-41(39)53(35-20-8-3-9-21-35)45(43)37-22-10-11-23-38(37)46(44)54/h1,3-6,8-31,47,49,51H,2,7H2/q-1. The summed E-state index contributed by atoms with van der Waals surface area (Å²) in [6.07, 6.45) is 8.28. The van der Waals surface area contributed by atoms with Crippen molar-refractivity contribution in [3.05, 3.63) is 198 Å². The van der Waals surface area contributed by atoms with E-state index in [1.54, 1.807) is 0 Å². The van der Waals surface area contributed by atoms with Crippen molar-refractivity contribution in [2.45, 2.75) is 25.2 Å². The molecular formula is C49H36N5-. The van der Waals surface area contributed by atoms with Crippen LogP contribution < -0.4 is 5.32 Å². The normalized spacial score (nSPS) is 17.3. The molecule has 5 heteroatoms. The minimum atomic E-state index is -0.240. The van der Waals surface area contributed by atoms with Gasteiger partial charge < -0.3 is 24.8 Å². The van der Waals surface area contributed by atoms with Crippen molar-refractivity contribution in [2.24, 2.45) is 4.99 Å². The first-order valence-electron chi connectivity index (χ1n) is 18.8. The number of amidine groups is 1. The lowest BCUT2D eigenvalue weighted by molar-refractivity contribution is 0.488. The molecule has 2 aliphatic rings. The van der Waals surface area contributed by atoms with E-state index in [1.807, 2.05) is 6.07 Å². The Balaban J connectivity index is 1.13. The van der Waals surface area contributed by atoms with E-state index in [-0.39, 0.29) is 12.3 Å². The summed E-state index contributed by atoms with van der Waals surface area (Å²) in [6, 6.07) is 56.9. The second-order valence-electron chi connectivity index (χ2n) is 14.2. The summed E-state index contributed by atoms with van der Waals surface area (Å²) in [7, 11) is 0. The summed E-state index contributed by atoms with van der Waals surface area (Å²) in [5.41, 5.74) is 10.5. The second kappa shape index (κ2) is 12.5. The molecule has 7 aromatic carbocycles. The minimum absolute atomic E-state index is 0.191. The SMILES string of the molecule is C1=CC(C2=NC(c3ccc(-n4c5ccccc5c5c6c7ccccc7n(-c7ccccc7)c6c6ccccc6c54)cc3)NC(c3ccccc3)[N-]2)=CCC1. The summed E-state index contributed by atoms with van der Waals surface area (Å²) in [5.74, 6) is 0.806. The van der Waals surface area contributed by atoms with Crippen LogP contribution in [0.4, 0.5) is 0 Å². The van der Waals surface area contributed by atoms with Gasteiger partial charge in [-0.2, -0.15) is 0 Å². The molecule has 1 N–H and O–H groups in total. The van der Waals surface area contributed by atoms with Crippen LogP contribution in [0.5, 0.6) is 0 Å². The molecule has 1 aliphatic carbocycles. The third-order valence-electron chi connectivity index (χ3n) is 11.1. The van der Waals surface area contributed by atoms with Gasteiger partial charge in [-0.25, -0.2) is 0 Å². The Kier molecular flexibility index (Phi) is 7.13. The van der Waals surface area contributed by atoms with Gasteiger partial charge in [-0.3, -0.25) is 0 Å². The highest BCUT2D eigenvalue weighted by atomic mass is 15.3. The lowest BCUT2D eigenvalue weighted by Gasteiger charge is -2.41. The molecule has 0 saturated heterocycles. The fourth-order valence-electron chi connectivity index (χ4n) is 8.72. The number of benzene rings is 7. The van der Waals surface area contributed by atoms with Gasteiger partial charge in [0, 0.05) is 56.0 Å². The largest absolute Gasteiger partial charge is 0.445 e. The van der Waals surface area contributed by atoms with E-state index in [1.165, 1.54) is 54.4 Å². The van der Waals surface area contributed by atoms with E-state index in [4.69, 9.17) is 10.3 Å². The van der Waals surface area contributed by atoms with Crippen LogP contribution in [0.2, 0.25) is 0 Å². The van der Waals surface area contributed by atoms with Gasteiger partial charge in [0.15, 0.2) is 0 Å². The first kappa shape index (κ1) is 30.9. The third kappa shape index (κ3) is 4.79. The van der Waals surface area contributed by atoms with Gasteiger partial charge in [0.2, 0.25) is 0 Å². The van der Waals surface area contributed by atoms with Crippen LogP contribution >= 0.6 is 0 Å². The molecule has 258 valence electrons. The van der Waals surface area contributed by atoms with Crippen LogP contribution in [0.15, 0.2) is 187 Å². The second-order valence-corrected chi connectivity index (χ2v) is 14.2. The first-order chi connectivity index (χ1) is 26.8. The van der Waals surface area contributed by atoms with Crippen molar-refractivity contribution >= 4 is 60.2 Å². The molecule has 0 spiro atoms. The predicted molar refractivity (Wildman–Crippen MR) is 225 cm³/mol. The minimum Gasteiger partial charge on any atom is -0.445 e. The Morgan fingerprint density at radius 2 is 1.06 bits per heavy atom. The lowest BCUT2D eigenvalue weighted by atomic mass is 9.99. The molecule has 5 nitrogen and oxygen atoms in total. The lowest BCUT2D eigenvalue weighted by Crippen LogP contribution is -2.32. The maximum absolute atomic E-state index is 5.19. The van der Waals surface area contributed by atoms with Gasteiger partial charge in [-0.15, -0.1) is 0 Å². The Morgan fingerprint density at radius 3 is 1.65 bits per heavy atom. The van der Waals surface area contributed by atoms with Gasteiger partial charge in [-0.05, 0) is 65.9 Å². The van der Waals surface area contributed by atoms with Gasteiger partial charge in [0.25, 0.3) is 0 Å². The Labute approximate surface area is 313 Å². The maximum atomic E-state index is 5.19. The molecule has 0 radical (unpaired) electrons. The highest BCUT2D eigenvalue weighted by Gasteiger charge is 2.24. The van der Waals surface area contributed by atoms with E-state index < -0.39 is 0 Å². The van der Waals surface area contributed by atoms with Crippen molar-refractivity contribution in [3.8, 4) is 11.4 Å². The first-order valence-corrected chi connectivity index (χ1v) is 18.8. The van der Waals surface area contributed by atoms with Gasteiger partial charge in [0.05, 0.1) is 22.1 Å². The number of nitrogens with zero attached hydrogens (tertiary/aromatic N) is 4. The van der Waals surface area contributed by atoms with E-state index >= 15 is 0 Å². The molecule has 2 aromatic heterocycles. The molecule has 11 rings (SSSR count). The number of rotatable bonds is 5.